The molecule has 0 saturated carbocycles. The maximum atomic E-state index is 11.5. The largest absolute Gasteiger partial charge is 0.493 e. The van der Waals surface area contributed by atoms with E-state index in [2.05, 4.69) is 6.92 Å². The number of hydrogen-bond donors (Lipinski definition) is 0. The van der Waals surface area contributed by atoms with Crippen molar-refractivity contribution in [3.05, 3.63) is 30.7 Å². The molecule has 1 rings (SSSR count). The number of methoxy groups -OCH3 is 1. The Morgan fingerprint density at radius 1 is 1.28 bits per heavy atom. The molecule has 0 saturated heterocycles. The Bertz CT molecular complexity index is 439. The van der Waals surface area contributed by atoms with Crippen molar-refractivity contribution in [2.45, 2.75) is 13.3 Å². The van der Waals surface area contributed by atoms with Crippen LogP contribution in [0.4, 0.5) is 0 Å². The van der Waals surface area contributed by atoms with Crippen molar-refractivity contribution in [3.63, 3.8) is 0 Å². The average Bonchev–Trinajstić information content (AvgIpc) is 2.39. The highest BCUT2D eigenvalue weighted by molar-refractivity contribution is 5.90. The molecule has 1 aromatic rings. The van der Waals surface area contributed by atoms with Gasteiger partial charge in [0.15, 0.2) is 11.5 Å². The summed E-state index contributed by atoms with van der Waals surface area (Å²) in [4.78, 5) is 22.6. The molecule has 18 heavy (non-hydrogen) atoms. The number of carbonyl (C=O) groups excluding carboxylic acids is 2. The smallest absolute Gasteiger partial charge is 0.338 e. The number of rotatable bonds is 5. The van der Waals surface area contributed by atoms with Gasteiger partial charge in [-0.1, -0.05) is 0 Å². The summed E-state index contributed by atoms with van der Waals surface area (Å²) in [5, 5.41) is 0. The molecule has 0 amide bonds. The number of benzene rings is 1. The first-order chi connectivity index (χ1) is 8.62. The highest BCUT2D eigenvalue weighted by Crippen LogP contribution is 2.28. The van der Waals surface area contributed by atoms with Gasteiger partial charge in [0.25, 0.3) is 0 Å². The fraction of sp³-hybridized carbons (Fsp3) is 0.308. The average molecular weight is 251 g/mol. The van der Waals surface area contributed by atoms with Crippen LogP contribution in [0.1, 0.15) is 23.7 Å². The Balaban J connectivity index is 2.96. The molecule has 0 N–H and O–H groups in total. The van der Waals surface area contributed by atoms with E-state index in [-0.39, 0.29) is 12.2 Å². The summed E-state index contributed by atoms with van der Waals surface area (Å²) in [5.74, 6) is -0.385. The minimum absolute atomic E-state index is 0.0166. The first-order valence-electron chi connectivity index (χ1n) is 5.47. The van der Waals surface area contributed by atoms with Crippen LogP contribution < -0.4 is 9.47 Å². The molecule has 0 spiro atoms. The minimum atomic E-state index is -0.475. The van der Waals surface area contributed by atoms with Crippen LogP contribution in [0.25, 0.3) is 0 Å². The Morgan fingerprint density at radius 3 is 2.56 bits per heavy atom. The van der Waals surface area contributed by atoms with Crippen molar-refractivity contribution >= 4 is 11.9 Å². The van der Waals surface area contributed by atoms with Crippen LogP contribution in [-0.2, 0) is 9.53 Å². The maximum absolute atomic E-state index is 11.5. The summed E-state index contributed by atoms with van der Waals surface area (Å²) in [5.41, 5.74) is 0.336. The van der Waals surface area contributed by atoms with Gasteiger partial charge in [0.2, 0.25) is 0 Å². The van der Waals surface area contributed by atoms with Crippen LogP contribution in [0, 0.1) is 6.92 Å². The molecule has 0 aliphatic rings. The van der Waals surface area contributed by atoms with Crippen molar-refractivity contribution in [3.8, 4) is 11.5 Å². The Morgan fingerprint density at radius 2 is 2.00 bits per heavy atom. The monoisotopic (exact) mass is 251 g/mol. The molecule has 0 aliphatic heterocycles. The Hall–Kier alpha value is -2.04. The predicted molar refractivity (Wildman–Crippen MR) is 64.6 cm³/mol. The number of ether oxygens (including phenoxy) is 3. The molecule has 5 heteroatoms. The number of esters is 2. The molecule has 0 unspecified atom stereocenters. The Kier molecular flexibility index (Phi) is 5.17. The van der Waals surface area contributed by atoms with Gasteiger partial charge < -0.3 is 14.2 Å². The van der Waals surface area contributed by atoms with E-state index in [9.17, 15) is 9.59 Å². The van der Waals surface area contributed by atoms with E-state index in [1.165, 1.54) is 25.3 Å². The van der Waals surface area contributed by atoms with Gasteiger partial charge in [0.1, 0.15) is 0 Å². The van der Waals surface area contributed by atoms with E-state index in [0.717, 1.165) is 0 Å². The highest BCUT2D eigenvalue weighted by atomic mass is 16.6. The third-order valence-electron chi connectivity index (χ3n) is 2.10. The van der Waals surface area contributed by atoms with Gasteiger partial charge in [0, 0.05) is 6.42 Å². The second-order valence-corrected chi connectivity index (χ2v) is 3.31. The SMILES string of the molecule is [CH2]CC(=O)Oc1ccc(C(=O)OCC)cc1OC. The van der Waals surface area contributed by atoms with Crippen molar-refractivity contribution in [1.29, 1.82) is 0 Å². The van der Waals surface area contributed by atoms with Gasteiger partial charge >= 0.3 is 11.9 Å². The van der Waals surface area contributed by atoms with Crippen LogP contribution in [0.15, 0.2) is 18.2 Å². The molecule has 0 fully saturated rings. The van der Waals surface area contributed by atoms with Gasteiger partial charge in [-0.25, -0.2) is 4.79 Å². The van der Waals surface area contributed by atoms with Crippen molar-refractivity contribution in [2.24, 2.45) is 0 Å². The van der Waals surface area contributed by atoms with E-state index in [1.54, 1.807) is 6.92 Å². The first-order valence-corrected chi connectivity index (χ1v) is 5.47. The van der Waals surface area contributed by atoms with Gasteiger partial charge in [-0.3, -0.25) is 4.79 Å². The molecule has 0 bridgehead atoms. The second kappa shape index (κ2) is 6.64. The summed E-state index contributed by atoms with van der Waals surface area (Å²) >= 11 is 0. The number of carbonyl (C=O) groups is 2. The van der Waals surface area contributed by atoms with Crippen molar-refractivity contribution < 1.29 is 23.8 Å². The topological polar surface area (TPSA) is 61.8 Å². The van der Waals surface area contributed by atoms with Crippen LogP contribution >= 0.6 is 0 Å². The fourth-order valence-electron chi connectivity index (χ4n) is 1.27. The number of hydrogen-bond acceptors (Lipinski definition) is 5. The first kappa shape index (κ1) is 14.0. The van der Waals surface area contributed by atoms with E-state index < -0.39 is 11.9 Å². The minimum Gasteiger partial charge on any atom is -0.493 e. The third-order valence-corrected chi connectivity index (χ3v) is 2.10. The summed E-state index contributed by atoms with van der Waals surface area (Å²) in [6.07, 6.45) is 0.0166. The van der Waals surface area contributed by atoms with E-state index in [1.807, 2.05) is 0 Å². The third kappa shape index (κ3) is 3.48. The van der Waals surface area contributed by atoms with Crippen molar-refractivity contribution in [1.82, 2.24) is 0 Å². The zero-order valence-corrected chi connectivity index (χ0v) is 10.4. The fourth-order valence-corrected chi connectivity index (χ4v) is 1.27. The lowest BCUT2D eigenvalue weighted by Gasteiger charge is -2.10. The molecule has 1 radical (unpaired) electrons. The quantitative estimate of drug-likeness (QED) is 0.591. The molecule has 1 aromatic carbocycles. The second-order valence-electron chi connectivity index (χ2n) is 3.31. The maximum Gasteiger partial charge on any atom is 0.338 e. The van der Waals surface area contributed by atoms with Crippen LogP contribution in [0.5, 0.6) is 11.5 Å². The standard InChI is InChI=1S/C13H15O5/c1-4-12(14)18-10-7-6-9(8-11(10)16-3)13(15)17-5-2/h6-8H,1,4-5H2,2-3H3. The van der Waals surface area contributed by atoms with Gasteiger partial charge in [-0.2, -0.15) is 0 Å². The van der Waals surface area contributed by atoms with Crippen LogP contribution in [0.2, 0.25) is 0 Å². The van der Waals surface area contributed by atoms with E-state index in [0.29, 0.717) is 17.9 Å². The van der Waals surface area contributed by atoms with Gasteiger partial charge in [-0.15, -0.1) is 0 Å². The summed E-state index contributed by atoms with van der Waals surface area (Å²) in [7, 11) is 1.42. The lowest BCUT2D eigenvalue weighted by molar-refractivity contribution is -0.133. The van der Waals surface area contributed by atoms with Crippen LogP contribution in [0.3, 0.4) is 0 Å². The van der Waals surface area contributed by atoms with E-state index >= 15 is 0 Å². The zero-order valence-electron chi connectivity index (χ0n) is 10.4. The molecular formula is C13H15O5. The summed E-state index contributed by atoms with van der Waals surface area (Å²) < 4.78 is 14.9. The van der Waals surface area contributed by atoms with Crippen molar-refractivity contribution in [2.75, 3.05) is 13.7 Å². The normalized spacial score (nSPS) is 9.72. The summed E-state index contributed by atoms with van der Waals surface area (Å²) in [6, 6.07) is 4.45. The molecule has 0 aromatic heterocycles. The molecule has 0 heterocycles. The molecule has 0 aliphatic carbocycles. The lowest BCUT2D eigenvalue weighted by atomic mass is 10.2. The molecule has 97 valence electrons. The highest BCUT2D eigenvalue weighted by Gasteiger charge is 2.13. The molecule has 0 atom stereocenters. The van der Waals surface area contributed by atoms with Gasteiger partial charge in [-0.05, 0) is 32.0 Å². The Labute approximate surface area is 106 Å². The van der Waals surface area contributed by atoms with Gasteiger partial charge in [0.05, 0.1) is 19.3 Å². The molecule has 5 nitrogen and oxygen atoms in total. The van der Waals surface area contributed by atoms with Crippen LogP contribution in [-0.4, -0.2) is 25.7 Å². The predicted octanol–water partition coefficient (Wildman–Crippen LogP) is 2.00. The zero-order chi connectivity index (χ0) is 13.5. The lowest BCUT2D eigenvalue weighted by Crippen LogP contribution is -2.08. The molecular weight excluding hydrogens is 236 g/mol. The summed E-state index contributed by atoms with van der Waals surface area (Å²) in [6.45, 7) is 5.43. The van der Waals surface area contributed by atoms with E-state index in [4.69, 9.17) is 14.2 Å².